The summed E-state index contributed by atoms with van der Waals surface area (Å²) in [5, 5.41) is 13.1. The SMILES string of the molecule is CC[C@H]1COC[C@@H]2c3nc(c(O)c(=O)n31)C(=O)NCc1ccc(F)c(Cl)c1OCCC1CC1C(=O)N2C. The second-order valence-corrected chi connectivity index (χ2v) is 10.1. The highest BCUT2D eigenvalue weighted by molar-refractivity contribution is 6.32. The summed E-state index contributed by atoms with van der Waals surface area (Å²) in [5.41, 5.74) is -0.832. The van der Waals surface area contributed by atoms with E-state index in [4.69, 9.17) is 21.1 Å². The van der Waals surface area contributed by atoms with Crippen LogP contribution in [0.5, 0.6) is 11.5 Å². The first kappa shape index (κ1) is 25.5. The number of aromatic nitrogens is 2. The highest BCUT2D eigenvalue weighted by atomic mass is 35.5. The molecule has 2 aliphatic heterocycles. The summed E-state index contributed by atoms with van der Waals surface area (Å²) >= 11 is 6.15. The normalized spacial score (nSPS) is 25.9. The molecular formula is C25H28ClFN4O6. The van der Waals surface area contributed by atoms with Crippen LogP contribution in [0.25, 0.3) is 0 Å². The van der Waals surface area contributed by atoms with E-state index >= 15 is 0 Å². The average Bonchev–Trinajstić information content (AvgIpc) is 3.68. The molecule has 1 aliphatic carbocycles. The number of nitrogens with zero attached hydrogens (tertiary/aromatic N) is 3. The van der Waals surface area contributed by atoms with Crippen LogP contribution in [0.3, 0.4) is 0 Å². The predicted molar refractivity (Wildman–Crippen MR) is 130 cm³/mol. The van der Waals surface area contributed by atoms with Gasteiger partial charge in [-0.3, -0.25) is 19.0 Å². The lowest BCUT2D eigenvalue weighted by molar-refractivity contribution is -0.135. The topological polar surface area (TPSA) is 123 Å². The molecule has 3 aliphatic rings. The van der Waals surface area contributed by atoms with Crippen LogP contribution in [-0.4, -0.2) is 58.2 Å². The van der Waals surface area contributed by atoms with E-state index in [0.29, 0.717) is 24.8 Å². The van der Waals surface area contributed by atoms with Gasteiger partial charge in [0, 0.05) is 25.1 Å². The number of benzene rings is 1. The second kappa shape index (κ2) is 9.94. The lowest BCUT2D eigenvalue weighted by Gasteiger charge is -2.29. The summed E-state index contributed by atoms with van der Waals surface area (Å²) in [6.45, 7) is 2.27. The molecule has 198 valence electrons. The summed E-state index contributed by atoms with van der Waals surface area (Å²) in [5.74, 6) is -2.29. The fourth-order valence-electron chi connectivity index (χ4n) is 5.06. The Morgan fingerprint density at radius 1 is 1.27 bits per heavy atom. The number of nitrogens with one attached hydrogen (secondary N) is 1. The van der Waals surface area contributed by atoms with Crippen molar-refractivity contribution in [2.24, 2.45) is 11.8 Å². The van der Waals surface area contributed by atoms with Gasteiger partial charge >= 0.3 is 0 Å². The third-order valence-corrected chi connectivity index (χ3v) is 7.77. The Balaban J connectivity index is 1.62. The Kier molecular flexibility index (Phi) is 6.84. The van der Waals surface area contributed by atoms with Crippen molar-refractivity contribution in [2.75, 3.05) is 26.9 Å². The van der Waals surface area contributed by atoms with E-state index in [1.54, 1.807) is 7.05 Å². The number of amides is 2. The van der Waals surface area contributed by atoms with Crippen LogP contribution < -0.4 is 15.6 Å². The number of carbonyl (C=O) groups excluding carboxylic acids is 2. The van der Waals surface area contributed by atoms with Crippen molar-refractivity contribution >= 4 is 23.4 Å². The number of aromatic hydroxyl groups is 1. The molecule has 1 aromatic heterocycles. The van der Waals surface area contributed by atoms with Gasteiger partial charge in [0.25, 0.3) is 11.5 Å². The number of hydrogen-bond acceptors (Lipinski definition) is 7. The van der Waals surface area contributed by atoms with E-state index in [1.807, 2.05) is 6.92 Å². The Labute approximate surface area is 217 Å². The van der Waals surface area contributed by atoms with Crippen molar-refractivity contribution in [1.29, 1.82) is 0 Å². The predicted octanol–water partition coefficient (Wildman–Crippen LogP) is 2.57. The minimum absolute atomic E-state index is 0.0824. The van der Waals surface area contributed by atoms with Gasteiger partial charge in [0.05, 0.1) is 25.9 Å². The summed E-state index contributed by atoms with van der Waals surface area (Å²) in [7, 11) is 1.62. The second-order valence-electron chi connectivity index (χ2n) is 9.68. The smallest absolute Gasteiger partial charge is 0.296 e. The maximum Gasteiger partial charge on any atom is 0.296 e. The molecule has 2 aromatic rings. The number of ether oxygens (including phenoxy) is 2. The highest BCUT2D eigenvalue weighted by Gasteiger charge is 2.46. The van der Waals surface area contributed by atoms with Crippen LogP contribution in [0.15, 0.2) is 16.9 Å². The number of fused-ring (bicyclic) bond motifs is 3. The molecule has 3 heterocycles. The Hall–Kier alpha value is -3.18. The van der Waals surface area contributed by atoms with E-state index in [9.17, 15) is 23.9 Å². The van der Waals surface area contributed by atoms with Crippen LogP contribution >= 0.6 is 11.6 Å². The molecule has 0 radical (unpaired) electrons. The first-order valence-corrected chi connectivity index (χ1v) is 12.7. The zero-order chi connectivity index (χ0) is 26.4. The maximum atomic E-state index is 14.1. The summed E-state index contributed by atoms with van der Waals surface area (Å²) in [6.07, 6.45) is 1.75. The molecule has 2 N–H and O–H groups in total. The maximum absolute atomic E-state index is 14.1. The number of rotatable bonds is 1. The average molecular weight is 535 g/mol. The molecule has 2 unspecified atom stereocenters. The fraction of sp³-hybridized carbons (Fsp3) is 0.520. The molecule has 0 spiro atoms. The molecule has 10 nitrogen and oxygen atoms in total. The van der Waals surface area contributed by atoms with Crippen molar-refractivity contribution in [3.63, 3.8) is 0 Å². The first-order chi connectivity index (χ1) is 17.7. The van der Waals surface area contributed by atoms with E-state index in [-0.39, 0.29) is 60.7 Å². The third-order valence-electron chi connectivity index (χ3n) is 7.42. The van der Waals surface area contributed by atoms with Gasteiger partial charge in [-0.15, -0.1) is 0 Å². The highest BCUT2D eigenvalue weighted by Crippen LogP contribution is 2.44. The van der Waals surface area contributed by atoms with Gasteiger partial charge in [-0.25, -0.2) is 9.37 Å². The lowest BCUT2D eigenvalue weighted by atomic mass is 10.1. The third kappa shape index (κ3) is 4.54. The van der Waals surface area contributed by atoms with Crippen molar-refractivity contribution in [1.82, 2.24) is 19.8 Å². The van der Waals surface area contributed by atoms with Gasteiger partial charge in [0.15, 0.2) is 5.69 Å². The van der Waals surface area contributed by atoms with Gasteiger partial charge in [0.1, 0.15) is 28.5 Å². The molecule has 5 rings (SSSR count). The Morgan fingerprint density at radius 3 is 2.81 bits per heavy atom. The lowest BCUT2D eigenvalue weighted by Crippen LogP contribution is -2.40. The molecule has 12 heteroatoms. The monoisotopic (exact) mass is 534 g/mol. The minimum atomic E-state index is -0.815. The molecular weight excluding hydrogens is 507 g/mol. The Morgan fingerprint density at radius 2 is 2.05 bits per heavy atom. The van der Waals surface area contributed by atoms with Crippen LogP contribution in [0.4, 0.5) is 4.39 Å². The Bertz CT molecular complexity index is 1320. The molecule has 37 heavy (non-hydrogen) atoms. The van der Waals surface area contributed by atoms with Crippen molar-refractivity contribution in [3.8, 4) is 11.5 Å². The molecule has 2 amide bonds. The van der Waals surface area contributed by atoms with E-state index < -0.39 is 40.8 Å². The van der Waals surface area contributed by atoms with Crippen molar-refractivity contribution in [2.45, 2.75) is 44.8 Å². The van der Waals surface area contributed by atoms with Crippen LogP contribution in [0.2, 0.25) is 5.02 Å². The molecule has 4 atom stereocenters. The summed E-state index contributed by atoms with van der Waals surface area (Å²) < 4.78 is 27.1. The van der Waals surface area contributed by atoms with E-state index in [2.05, 4.69) is 10.3 Å². The van der Waals surface area contributed by atoms with Crippen LogP contribution in [0, 0.1) is 17.7 Å². The molecule has 2 bridgehead atoms. The zero-order valence-corrected chi connectivity index (χ0v) is 21.3. The minimum Gasteiger partial charge on any atom is -0.501 e. The van der Waals surface area contributed by atoms with Gasteiger partial charge in [0.2, 0.25) is 11.7 Å². The summed E-state index contributed by atoms with van der Waals surface area (Å²) in [6, 6.07) is 1.46. The van der Waals surface area contributed by atoms with Crippen molar-refractivity contribution < 1.29 is 28.6 Å². The van der Waals surface area contributed by atoms with Crippen molar-refractivity contribution in [3.05, 3.63) is 50.4 Å². The van der Waals surface area contributed by atoms with E-state index in [0.717, 1.165) is 0 Å². The standard InChI is InChI=1S/C25H28ClFN4O6/c1-3-14-10-36-11-17-22-29-19(20(32)25(35)31(14)22)23(33)28-9-13-4-5-16(27)18(26)21(13)37-7-6-12-8-15(12)24(34)30(17)2/h4-5,12,14-15,17,32H,3,6-11H2,1-2H3,(H,28,33)/t12?,14-,15?,17+/m0/s1. The van der Waals surface area contributed by atoms with Gasteiger partial charge in [-0.05, 0) is 31.2 Å². The number of carbonyl (C=O) groups is 2. The van der Waals surface area contributed by atoms with E-state index in [1.165, 1.54) is 21.6 Å². The number of hydrogen-bond donors (Lipinski definition) is 2. The largest absolute Gasteiger partial charge is 0.501 e. The number of likely N-dealkylation sites (N-methyl/N-ethyl adjacent to an activating group) is 1. The van der Waals surface area contributed by atoms with Gasteiger partial charge in [-0.1, -0.05) is 24.6 Å². The number of halogens is 2. The first-order valence-electron chi connectivity index (χ1n) is 12.3. The van der Waals surface area contributed by atoms with Crippen LogP contribution in [0.1, 0.15) is 60.1 Å². The molecule has 0 saturated heterocycles. The molecule has 1 fully saturated rings. The quantitative estimate of drug-likeness (QED) is 0.576. The van der Waals surface area contributed by atoms with Gasteiger partial charge in [-0.2, -0.15) is 0 Å². The zero-order valence-electron chi connectivity index (χ0n) is 20.5. The molecule has 1 aromatic carbocycles. The van der Waals surface area contributed by atoms with Gasteiger partial charge < -0.3 is 24.8 Å². The fourth-order valence-corrected chi connectivity index (χ4v) is 5.30. The summed E-state index contributed by atoms with van der Waals surface area (Å²) in [4.78, 5) is 45.8. The molecule has 1 saturated carbocycles. The van der Waals surface area contributed by atoms with Crippen LogP contribution in [-0.2, 0) is 16.1 Å².